The Morgan fingerprint density at radius 1 is 0.786 bits per heavy atom. The van der Waals surface area contributed by atoms with Gasteiger partial charge < -0.3 is 12.8 Å². The Kier molecular flexibility index (Phi) is 10.7. The summed E-state index contributed by atoms with van der Waals surface area (Å²) in [5.41, 5.74) is 0. The minimum atomic E-state index is 0. The molecule has 2 saturated carbocycles. The molecular formula is C13H24W. The minimum Gasteiger partial charge on any atom is -0.328 e. The zero-order valence-electron chi connectivity index (χ0n) is 9.50. The van der Waals surface area contributed by atoms with Crippen LogP contribution in [0.3, 0.4) is 0 Å². The summed E-state index contributed by atoms with van der Waals surface area (Å²) in [6.07, 6.45) is 17.5. The molecule has 2 rings (SSSR count). The first-order valence-electron chi connectivity index (χ1n) is 6.03. The smallest absolute Gasteiger partial charge is 0.328 e. The van der Waals surface area contributed by atoms with Crippen molar-refractivity contribution in [3.05, 3.63) is 12.8 Å². The molecule has 0 radical (unpaired) electrons. The average molecular weight is 364 g/mol. The van der Waals surface area contributed by atoms with Crippen LogP contribution in [0, 0.1) is 18.8 Å². The summed E-state index contributed by atoms with van der Waals surface area (Å²) in [6, 6.07) is 0. The summed E-state index contributed by atoms with van der Waals surface area (Å²) in [4.78, 5) is 0. The third-order valence-electron chi connectivity index (χ3n) is 3.04. The van der Waals surface area contributed by atoms with Crippen LogP contribution < -0.4 is 0 Å². The van der Waals surface area contributed by atoms with Crippen LogP contribution in [-0.2, 0) is 21.1 Å². The largest absolute Gasteiger partial charge is 2.00 e. The number of hydrogen-bond acceptors (Lipinski definition) is 0. The topological polar surface area (TPSA) is 0 Å². The van der Waals surface area contributed by atoms with E-state index in [1.807, 2.05) is 0 Å². The predicted octanol–water partition coefficient (Wildman–Crippen LogP) is 4.55. The Morgan fingerprint density at radius 3 is 1.50 bits per heavy atom. The van der Waals surface area contributed by atoms with Crippen molar-refractivity contribution in [2.75, 3.05) is 0 Å². The standard InChI is InChI=1S/C7H13.C6H11.W/c1-7-5-3-2-4-6-7;1-2-4-6-5-3-1;/h2,7H,3-6H2,1H3;1H,2-6H2;/q2*-1;+2. The molecule has 0 unspecified atom stereocenters. The maximum absolute atomic E-state index is 2.40. The summed E-state index contributed by atoms with van der Waals surface area (Å²) < 4.78 is 0. The Hall–Kier alpha value is 0.688. The van der Waals surface area contributed by atoms with Crippen molar-refractivity contribution >= 4 is 0 Å². The van der Waals surface area contributed by atoms with E-state index in [0.717, 1.165) is 5.92 Å². The zero-order chi connectivity index (χ0) is 9.36. The van der Waals surface area contributed by atoms with Crippen LogP contribution in [0.4, 0.5) is 0 Å². The molecule has 2 aliphatic rings. The molecule has 0 amide bonds. The van der Waals surface area contributed by atoms with E-state index >= 15 is 0 Å². The van der Waals surface area contributed by atoms with Gasteiger partial charge in [-0.25, -0.2) is 0 Å². The van der Waals surface area contributed by atoms with Crippen molar-refractivity contribution in [1.82, 2.24) is 0 Å². The first-order chi connectivity index (χ1) is 6.39. The number of hydrogen-bond donors (Lipinski definition) is 0. The van der Waals surface area contributed by atoms with Gasteiger partial charge in [-0.1, -0.05) is 39.0 Å². The van der Waals surface area contributed by atoms with Gasteiger partial charge in [-0.05, 0) is 5.92 Å². The quantitative estimate of drug-likeness (QED) is 0.553. The van der Waals surface area contributed by atoms with Crippen LogP contribution in [0.15, 0.2) is 0 Å². The SMILES string of the molecule is CC1CC[CH-]CC1.[CH-]1CCCCC1.[W+2]. The Labute approximate surface area is 105 Å². The first-order valence-corrected chi connectivity index (χ1v) is 6.03. The van der Waals surface area contributed by atoms with E-state index in [9.17, 15) is 0 Å². The third-order valence-corrected chi connectivity index (χ3v) is 3.04. The molecule has 0 saturated heterocycles. The van der Waals surface area contributed by atoms with Gasteiger partial charge in [-0.15, -0.1) is 0 Å². The van der Waals surface area contributed by atoms with Gasteiger partial charge >= 0.3 is 21.1 Å². The van der Waals surface area contributed by atoms with Gasteiger partial charge in [0.25, 0.3) is 0 Å². The molecule has 0 N–H and O–H groups in total. The second kappa shape index (κ2) is 10.2. The molecule has 0 bridgehead atoms. The molecule has 0 aliphatic heterocycles. The molecule has 0 aromatic rings. The van der Waals surface area contributed by atoms with Gasteiger partial charge in [0, 0.05) is 0 Å². The van der Waals surface area contributed by atoms with Crippen LogP contribution in [0.5, 0.6) is 0 Å². The van der Waals surface area contributed by atoms with E-state index in [-0.39, 0.29) is 21.1 Å². The van der Waals surface area contributed by atoms with E-state index < -0.39 is 0 Å². The van der Waals surface area contributed by atoms with Crippen molar-refractivity contribution in [3.8, 4) is 0 Å². The van der Waals surface area contributed by atoms with Gasteiger partial charge in [-0.2, -0.15) is 25.7 Å². The fourth-order valence-corrected chi connectivity index (χ4v) is 1.99. The Balaban J connectivity index is 0.000000227. The molecule has 2 aliphatic carbocycles. The molecule has 0 spiro atoms. The van der Waals surface area contributed by atoms with E-state index in [1.54, 1.807) is 0 Å². The normalized spacial score (nSPS) is 22.9. The summed E-state index contributed by atoms with van der Waals surface area (Å²) in [5.74, 6) is 1.00. The van der Waals surface area contributed by atoms with Crippen LogP contribution in [-0.4, -0.2) is 0 Å². The van der Waals surface area contributed by atoms with Crippen molar-refractivity contribution < 1.29 is 21.1 Å². The Morgan fingerprint density at radius 2 is 1.29 bits per heavy atom. The fraction of sp³-hybridized carbons (Fsp3) is 0.846. The predicted molar refractivity (Wildman–Crippen MR) is 59.3 cm³/mol. The van der Waals surface area contributed by atoms with Crippen LogP contribution >= 0.6 is 0 Å². The summed E-state index contributed by atoms with van der Waals surface area (Å²) in [6.45, 7) is 2.34. The average Bonchev–Trinajstić information content (AvgIpc) is 2.22. The van der Waals surface area contributed by atoms with Crippen LogP contribution in [0.25, 0.3) is 0 Å². The molecular weight excluding hydrogens is 340 g/mol. The molecule has 0 nitrogen and oxygen atoms in total. The van der Waals surface area contributed by atoms with Gasteiger partial charge in [-0.3, -0.25) is 0 Å². The molecule has 14 heavy (non-hydrogen) atoms. The van der Waals surface area contributed by atoms with Crippen LogP contribution in [0.2, 0.25) is 0 Å². The van der Waals surface area contributed by atoms with Crippen molar-refractivity contribution in [2.45, 2.75) is 64.7 Å². The van der Waals surface area contributed by atoms with E-state index in [0.29, 0.717) is 0 Å². The summed E-state index contributed by atoms with van der Waals surface area (Å²) in [7, 11) is 0. The summed E-state index contributed by atoms with van der Waals surface area (Å²) in [5, 5.41) is 0. The Bertz CT molecular complexity index is 90.3. The van der Waals surface area contributed by atoms with E-state index in [4.69, 9.17) is 0 Å². The monoisotopic (exact) mass is 364 g/mol. The number of rotatable bonds is 0. The van der Waals surface area contributed by atoms with Crippen molar-refractivity contribution in [3.63, 3.8) is 0 Å². The molecule has 0 aromatic carbocycles. The third kappa shape index (κ3) is 8.03. The molecule has 1 heteroatoms. The maximum Gasteiger partial charge on any atom is 2.00 e. The molecule has 2 fully saturated rings. The minimum absolute atomic E-state index is 0. The van der Waals surface area contributed by atoms with Gasteiger partial charge in [0.2, 0.25) is 0 Å². The van der Waals surface area contributed by atoms with E-state index in [2.05, 4.69) is 19.8 Å². The van der Waals surface area contributed by atoms with E-state index in [1.165, 1.54) is 57.8 Å². The molecule has 82 valence electrons. The van der Waals surface area contributed by atoms with Crippen LogP contribution in [0.1, 0.15) is 64.7 Å². The fourth-order valence-electron chi connectivity index (χ4n) is 1.99. The van der Waals surface area contributed by atoms with Crippen molar-refractivity contribution in [1.29, 1.82) is 0 Å². The second-order valence-electron chi connectivity index (χ2n) is 4.48. The van der Waals surface area contributed by atoms with Gasteiger partial charge in [0.1, 0.15) is 0 Å². The van der Waals surface area contributed by atoms with Gasteiger partial charge in [0.05, 0.1) is 0 Å². The van der Waals surface area contributed by atoms with Gasteiger partial charge in [0.15, 0.2) is 0 Å². The maximum atomic E-state index is 2.40. The second-order valence-corrected chi connectivity index (χ2v) is 4.48. The molecule has 0 heterocycles. The first kappa shape index (κ1) is 14.7. The molecule has 0 aromatic heterocycles. The molecule has 0 atom stereocenters. The van der Waals surface area contributed by atoms with Crippen molar-refractivity contribution in [2.24, 2.45) is 5.92 Å². The summed E-state index contributed by atoms with van der Waals surface area (Å²) >= 11 is 0. The zero-order valence-corrected chi connectivity index (χ0v) is 12.4.